The van der Waals surface area contributed by atoms with Gasteiger partial charge in [0, 0.05) is 24.5 Å². The van der Waals surface area contributed by atoms with E-state index in [-0.39, 0.29) is 12.5 Å². The van der Waals surface area contributed by atoms with E-state index < -0.39 is 5.97 Å². The number of carboxylic acids is 1. The Hall–Kier alpha value is -2.56. The van der Waals surface area contributed by atoms with Gasteiger partial charge in [-0.3, -0.25) is 9.59 Å². The maximum atomic E-state index is 12.8. The molecule has 1 amide bonds. The first kappa shape index (κ1) is 17.8. The van der Waals surface area contributed by atoms with Crippen molar-refractivity contribution < 1.29 is 14.7 Å². The summed E-state index contributed by atoms with van der Waals surface area (Å²) in [5, 5.41) is 9.97. The van der Waals surface area contributed by atoms with E-state index in [0.717, 1.165) is 16.5 Å². The van der Waals surface area contributed by atoms with E-state index in [1.54, 1.807) is 6.08 Å². The molecule has 0 spiro atoms. The Kier molecular flexibility index (Phi) is 5.12. The second-order valence-corrected chi connectivity index (χ2v) is 6.36. The first-order chi connectivity index (χ1) is 11.3. The smallest absolute Gasteiger partial charge is 0.323 e. The Morgan fingerprint density at radius 3 is 2.58 bits per heavy atom. The third-order valence-corrected chi connectivity index (χ3v) is 4.24. The van der Waals surface area contributed by atoms with Gasteiger partial charge in [-0.15, -0.1) is 6.58 Å². The van der Waals surface area contributed by atoms with E-state index in [0.29, 0.717) is 18.2 Å². The molecule has 0 unspecified atom stereocenters. The minimum atomic E-state index is -1.03. The molecule has 1 aromatic carbocycles. The molecule has 2 aromatic rings. The molecular formula is C19H24N2O3. The van der Waals surface area contributed by atoms with Gasteiger partial charge in [-0.1, -0.05) is 26.0 Å². The SMILES string of the molecule is C=CCn1c(C(=O)N(C)CC(=O)O)c(C)c2cc(C(C)C)ccc21. The number of aryl methyl sites for hydroxylation is 1. The van der Waals surface area contributed by atoms with Crippen LogP contribution in [0.4, 0.5) is 0 Å². The van der Waals surface area contributed by atoms with Crippen LogP contribution in [0.2, 0.25) is 0 Å². The molecule has 2 rings (SSSR count). The molecule has 0 aliphatic heterocycles. The van der Waals surface area contributed by atoms with Gasteiger partial charge >= 0.3 is 5.97 Å². The fraction of sp³-hybridized carbons (Fsp3) is 0.368. The summed E-state index contributed by atoms with van der Waals surface area (Å²) in [6, 6.07) is 6.21. The zero-order chi connectivity index (χ0) is 18.0. The predicted octanol–water partition coefficient (Wildman–Crippen LogP) is 3.42. The molecular weight excluding hydrogens is 304 g/mol. The number of carbonyl (C=O) groups excluding carboxylic acids is 1. The van der Waals surface area contributed by atoms with Crippen LogP contribution in [0.25, 0.3) is 10.9 Å². The lowest BCUT2D eigenvalue weighted by atomic mass is 10.0. The Morgan fingerprint density at radius 1 is 1.38 bits per heavy atom. The topological polar surface area (TPSA) is 62.5 Å². The molecule has 0 atom stereocenters. The maximum absolute atomic E-state index is 12.8. The van der Waals surface area contributed by atoms with Gasteiger partial charge < -0.3 is 14.6 Å². The van der Waals surface area contributed by atoms with E-state index in [1.165, 1.54) is 17.5 Å². The minimum absolute atomic E-state index is 0.293. The summed E-state index contributed by atoms with van der Waals surface area (Å²) in [7, 11) is 1.51. The molecule has 128 valence electrons. The number of hydrogen-bond acceptors (Lipinski definition) is 2. The van der Waals surface area contributed by atoms with Gasteiger partial charge in [0.2, 0.25) is 0 Å². The first-order valence-corrected chi connectivity index (χ1v) is 7.98. The summed E-state index contributed by atoms with van der Waals surface area (Å²) in [6.45, 7) is 10.1. The first-order valence-electron chi connectivity index (χ1n) is 7.98. The zero-order valence-electron chi connectivity index (χ0n) is 14.7. The highest BCUT2D eigenvalue weighted by atomic mass is 16.4. The van der Waals surface area contributed by atoms with Gasteiger partial charge in [-0.25, -0.2) is 0 Å². The molecule has 0 saturated heterocycles. The maximum Gasteiger partial charge on any atom is 0.323 e. The molecule has 0 bridgehead atoms. The minimum Gasteiger partial charge on any atom is -0.480 e. The van der Waals surface area contributed by atoms with Crippen LogP contribution in [0.5, 0.6) is 0 Å². The number of rotatable bonds is 6. The van der Waals surface area contributed by atoms with Crippen molar-refractivity contribution in [2.45, 2.75) is 33.2 Å². The quantitative estimate of drug-likeness (QED) is 0.827. The molecule has 5 heteroatoms. The van der Waals surface area contributed by atoms with E-state index in [1.807, 2.05) is 17.6 Å². The van der Waals surface area contributed by atoms with E-state index in [2.05, 4.69) is 32.6 Å². The molecule has 1 N–H and O–H groups in total. The molecule has 24 heavy (non-hydrogen) atoms. The third kappa shape index (κ3) is 3.20. The predicted molar refractivity (Wildman–Crippen MR) is 95.6 cm³/mol. The number of nitrogens with zero attached hydrogens (tertiary/aromatic N) is 2. The second-order valence-electron chi connectivity index (χ2n) is 6.36. The average molecular weight is 328 g/mol. The Balaban J connectivity index is 2.65. The van der Waals surface area contributed by atoms with E-state index >= 15 is 0 Å². The Labute approximate surface area is 142 Å². The van der Waals surface area contributed by atoms with Crippen LogP contribution < -0.4 is 0 Å². The number of fused-ring (bicyclic) bond motifs is 1. The summed E-state index contributed by atoms with van der Waals surface area (Å²) in [4.78, 5) is 24.9. The normalized spacial score (nSPS) is 11.0. The molecule has 0 saturated carbocycles. The van der Waals surface area contributed by atoms with Crippen LogP contribution in [-0.4, -0.2) is 40.0 Å². The van der Waals surface area contributed by atoms with Crippen LogP contribution in [-0.2, 0) is 11.3 Å². The van der Waals surface area contributed by atoms with Crippen molar-refractivity contribution >= 4 is 22.8 Å². The third-order valence-electron chi connectivity index (χ3n) is 4.24. The van der Waals surface area contributed by atoms with Crippen LogP contribution in [0.15, 0.2) is 30.9 Å². The van der Waals surface area contributed by atoms with Gasteiger partial charge in [0.05, 0.1) is 0 Å². The molecule has 0 aliphatic rings. The van der Waals surface area contributed by atoms with Crippen molar-refractivity contribution in [3.8, 4) is 0 Å². The van der Waals surface area contributed by atoms with Gasteiger partial charge in [0.1, 0.15) is 12.2 Å². The molecule has 1 heterocycles. The van der Waals surface area contributed by atoms with Crippen LogP contribution in [0.1, 0.15) is 41.4 Å². The number of amides is 1. The summed E-state index contributed by atoms with van der Waals surface area (Å²) in [6.07, 6.45) is 1.74. The number of carboxylic acid groups (broad SMARTS) is 1. The lowest BCUT2D eigenvalue weighted by Crippen LogP contribution is -2.33. The van der Waals surface area contributed by atoms with Crippen molar-refractivity contribution in [1.82, 2.24) is 9.47 Å². The van der Waals surface area contributed by atoms with Gasteiger partial charge in [0.15, 0.2) is 0 Å². The molecule has 5 nitrogen and oxygen atoms in total. The van der Waals surface area contributed by atoms with E-state index in [4.69, 9.17) is 5.11 Å². The monoisotopic (exact) mass is 328 g/mol. The van der Waals surface area contributed by atoms with Gasteiger partial charge in [-0.05, 0) is 36.1 Å². The fourth-order valence-electron chi connectivity index (χ4n) is 2.95. The standard InChI is InChI=1S/C19H24N2O3/c1-6-9-21-16-8-7-14(12(2)3)10-15(16)13(4)18(21)19(24)20(5)11-17(22)23/h6-8,10,12H,1,9,11H2,2-5H3,(H,22,23). The van der Waals surface area contributed by atoms with Crippen molar-refractivity contribution in [2.24, 2.45) is 0 Å². The van der Waals surface area contributed by atoms with Crippen molar-refractivity contribution in [1.29, 1.82) is 0 Å². The van der Waals surface area contributed by atoms with Crippen molar-refractivity contribution in [2.75, 3.05) is 13.6 Å². The number of allylic oxidation sites excluding steroid dienone is 1. The number of benzene rings is 1. The zero-order valence-corrected chi connectivity index (χ0v) is 14.7. The molecule has 1 aromatic heterocycles. The highest BCUT2D eigenvalue weighted by Crippen LogP contribution is 2.29. The fourth-order valence-corrected chi connectivity index (χ4v) is 2.95. The lowest BCUT2D eigenvalue weighted by molar-refractivity contribution is -0.137. The highest BCUT2D eigenvalue weighted by molar-refractivity contribution is 6.02. The number of likely N-dealkylation sites (N-methyl/N-ethyl adjacent to an activating group) is 1. The summed E-state index contributed by atoms with van der Waals surface area (Å²) in [5.41, 5.74) is 3.56. The molecule has 0 fully saturated rings. The Morgan fingerprint density at radius 2 is 2.04 bits per heavy atom. The number of aromatic nitrogens is 1. The van der Waals surface area contributed by atoms with Crippen LogP contribution in [0.3, 0.4) is 0 Å². The lowest BCUT2D eigenvalue weighted by Gasteiger charge is -2.17. The average Bonchev–Trinajstić information content (AvgIpc) is 2.78. The van der Waals surface area contributed by atoms with Gasteiger partial charge in [-0.2, -0.15) is 0 Å². The summed E-state index contributed by atoms with van der Waals surface area (Å²) in [5.74, 6) is -0.929. The highest BCUT2D eigenvalue weighted by Gasteiger charge is 2.24. The number of hydrogen-bond donors (Lipinski definition) is 1. The van der Waals surface area contributed by atoms with Gasteiger partial charge in [0.25, 0.3) is 5.91 Å². The second kappa shape index (κ2) is 6.91. The van der Waals surface area contributed by atoms with Crippen LogP contribution >= 0.6 is 0 Å². The molecule has 0 radical (unpaired) electrons. The van der Waals surface area contributed by atoms with E-state index in [9.17, 15) is 9.59 Å². The summed E-state index contributed by atoms with van der Waals surface area (Å²) < 4.78 is 1.91. The summed E-state index contributed by atoms with van der Waals surface area (Å²) >= 11 is 0. The number of aliphatic carboxylic acids is 1. The van der Waals surface area contributed by atoms with Crippen molar-refractivity contribution in [3.63, 3.8) is 0 Å². The number of carbonyl (C=O) groups is 2. The van der Waals surface area contributed by atoms with Crippen molar-refractivity contribution in [3.05, 3.63) is 47.7 Å². The Bertz CT molecular complexity index is 803. The largest absolute Gasteiger partial charge is 0.480 e. The van der Waals surface area contributed by atoms with Crippen LogP contribution in [0, 0.1) is 6.92 Å². The molecule has 0 aliphatic carbocycles.